The highest BCUT2D eigenvalue weighted by Gasteiger charge is 2.43. The Morgan fingerprint density at radius 3 is 2.55 bits per heavy atom. The van der Waals surface area contributed by atoms with Crippen LogP contribution in [-0.2, 0) is 14.3 Å². The van der Waals surface area contributed by atoms with Crippen molar-refractivity contribution in [2.24, 2.45) is 11.8 Å². The van der Waals surface area contributed by atoms with E-state index in [9.17, 15) is 14.7 Å². The van der Waals surface area contributed by atoms with Crippen LogP contribution in [0.1, 0.15) is 47.5 Å². The van der Waals surface area contributed by atoms with Crippen molar-refractivity contribution in [1.82, 2.24) is 0 Å². The van der Waals surface area contributed by atoms with Gasteiger partial charge >= 0.3 is 0 Å². The van der Waals surface area contributed by atoms with Crippen molar-refractivity contribution in [3.8, 4) is 0 Å². The van der Waals surface area contributed by atoms with Crippen LogP contribution < -0.4 is 0 Å². The molecule has 4 nitrogen and oxygen atoms in total. The van der Waals surface area contributed by atoms with Crippen LogP contribution >= 0.6 is 0 Å². The topological polar surface area (TPSA) is 63.6 Å². The quantitative estimate of drug-likeness (QED) is 0.793. The zero-order chi connectivity index (χ0) is 16.6. The van der Waals surface area contributed by atoms with Crippen LogP contribution in [0.5, 0.6) is 0 Å². The minimum atomic E-state index is -0.728. The number of hydrogen-bond donors (Lipinski definition) is 1. The molecule has 3 unspecified atom stereocenters. The lowest BCUT2D eigenvalue weighted by atomic mass is 9.84. The van der Waals surface area contributed by atoms with E-state index in [0.29, 0.717) is 35.5 Å². The predicted molar refractivity (Wildman–Crippen MR) is 83.8 cm³/mol. The highest BCUT2D eigenvalue weighted by atomic mass is 16.5. The number of Topliss-reactive ketones (excluding diaryl/α,β-unsaturated/α-hetero) is 2. The molecule has 2 rings (SSSR count). The third-order valence-corrected chi connectivity index (χ3v) is 4.46. The summed E-state index contributed by atoms with van der Waals surface area (Å²) < 4.78 is 5.74. The molecule has 120 valence electrons. The Balaban J connectivity index is 2.42. The maximum atomic E-state index is 12.6. The summed E-state index contributed by atoms with van der Waals surface area (Å²) in [4.78, 5) is 25.2. The Kier molecular flexibility index (Phi) is 4.71. The minimum absolute atomic E-state index is 0.0350. The fourth-order valence-corrected chi connectivity index (χ4v) is 3.01. The van der Waals surface area contributed by atoms with Crippen LogP contribution in [-0.4, -0.2) is 22.8 Å². The number of hydrogen-bond acceptors (Lipinski definition) is 4. The lowest BCUT2D eigenvalue weighted by Gasteiger charge is -2.23. The van der Waals surface area contributed by atoms with Crippen molar-refractivity contribution in [2.45, 2.75) is 53.6 Å². The normalized spacial score (nSPS) is 24.0. The van der Waals surface area contributed by atoms with Gasteiger partial charge < -0.3 is 9.84 Å². The summed E-state index contributed by atoms with van der Waals surface area (Å²) >= 11 is 0. The number of aliphatic hydroxyl groups excluding tert-OH is 1. The Labute approximate surface area is 131 Å². The van der Waals surface area contributed by atoms with Gasteiger partial charge in [0.1, 0.15) is 17.4 Å². The van der Waals surface area contributed by atoms with Gasteiger partial charge in [-0.15, -0.1) is 0 Å². The summed E-state index contributed by atoms with van der Waals surface area (Å²) in [6, 6.07) is 0. The van der Waals surface area contributed by atoms with Crippen LogP contribution in [0.3, 0.4) is 0 Å². The van der Waals surface area contributed by atoms with E-state index in [4.69, 9.17) is 4.74 Å². The third kappa shape index (κ3) is 2.80. The number of carbonyl (C=O) groups is 2. The lowest BCUT2D eigenvalue weighted by Crippen LogP contribution is -2.28. The van der Waals surface area contributed by atoms with Gasteiger partial charge in [-0.05, 0) is 38.8 Å². The predicted octanol–water partition coefficient (Wildman–Crippen LogP) is 3.08. The summed E-state index contributed by atoms with van der Waals surface area (Å²) in [5.41, 5.74) is 2.12. The molecule has 0 aromatic carbocycles. The second-order valence-corrected chi connectivity index (χ2v) is 6.28. The molecule has 0 saturated carbocycles. The first-order valence-electron chi connectivity index (χ1n) is 7.84. The number of carbonyl (C=O) groups excluding carboxylic acids is 2. The molecule has 0 amide bonds. The molecular weight excluding hydrogens is 280 g/mol. The summed E-state index contributed by atoms with van der Waals surface area (Å²) in [7, 11) is 0. The molecule has 0 bridgehead atoms. The fourth-order valence-electron chi connectivity index (χ4n) is 3.01. The molecule has 0 saturated heterocycles. The van der Waals surface area contributed by atoms with E-state index >= 15 is 0 Å². The van der Waals surface area contributed by atoms with Crippen molar-refractivity contribution >= 4 is 11.6 Å². The fraction of sp³-hybridized carbons (Fsp3) is 0.556. The number of fused-ring (bicyclic) bond motifs is 1. The third-order valence-electron chi connectivity index (χ3n) is 4.46. The maximum Gasteiger partial charge on any atom is 0.174 e. The van der Waals surface area contributed by atoms with E-state index in [1.54, 1.807) is 26.8 Å². The Morgan fingerprint density at radius 1 is 1.36 bits per heavy atom. The maximum absolute atomic E-state index is 12.6. The van der Waals surface area contributed by atoms with Crippen molar-refractivity contribution < 1.29 is 19.4 Å². The summed E-state index contributed by atoms with van der Waals surface area (Å²) in [5, 5.41) is 9.52. The van der Waals surface area contributed by atoms with Gasteiger partial charge in [-0.3, -0.25) is 9.59 Å². The number of rotatable bonds is 5. The molecule has 4 heteroatoms. The van der Waals surface area contributed by atoms with Crippen LogP contribution in [0.15, 0.2) is 34.3 Å². The van der Waals surface area contributed by atoms with Gasteiger partial charge in [0, 0.05) is 23.5 Å². The molecule has 1 heterocycles. The van der Waals surface area contributed by atoms with E-state index in [1.807, 2.05) is 13.8 Å². The van der Waals surface area contributed by atoms with Gasteiger partial charge in [0.25, 0.3) is 0 Å². The lowest BCUT2D eigenvalue weighted by molar-refractivity contribution is -0.131. The zero-order valence-electron chi connectivity index (χ0n) is 13.9. The molecule has 0 radical (unpaired) electrons. The molecule has 0 spiro atoms. The highest BCUT2D eigenvalue weighted by molar-refractivity contribution is 6.17. The van der Waals surface area contributed by atoms with Crippen molar-refractivity contribution in [2.75, 3.05) is 0 Å². The molecule has 0 aromatic heterocycles. The highest BCUT2D eigenvalue weighted by Crippen LogP contribution is 2.42. The number of ketones is 2. The SMILES string of the molecule is CCC(C)C(=O)C1C(=O)C(C)=C2C=C(CC(C)O)OC(C)=C21. The van der Waals surface area contributed by atoms with Gasteiger partial charge in [-0.1, -0.05) is 13.8 Å². The first kappa shape index (κ1) is 16.7. The minimum Gasteiger partial charge on any atom is -0.466 e. The zero-order valence-corrected chi connectivity index (χ0v) is 13.9. The Bertz CT molecular complexity index is 605. The van der Waals surface area contributed by atoms with Gasteiger partial charge in [-0.25, -0.2) is 0 Å². The van der Waals surface area contributed by atoms with Gasteiger partial charge in [-0.2, -0.15) is 0 Å². The smallest absolute Gasteiger partial charge is 0.174 e. The largest absolute Gasteiger partial charge is 0.466 e. The first-order valence-corrected chi connectivity index (χ1v) is 7.84. The van der Waals surface area contributed by atoms with E-state index in [1.165, 1.54) is 0 Å². The second kappa shape index (κ2) is 6.21. The van der Waals surface area contributed by atoms with Crippen LogP contribution in [0, 0.1) is 11.8 Å². The first-order chi connectivity index (χ1) is 10.3. The number of ether oxygens (including phenoxy) is 1. The molecule has 1 aliphatic heterocycles. The molecule has 1 N–H and O–H groups in total. The van der Waals surface area contributed by atoms with Crippen LogP contribution in [0.2, 0.25) is 0 Å². The van der Waals surface area contributed by atoms with E-state index in [2.05, 4.69) is 0 Å². The van der Waals surface area contributed by atoms with Crippen LogP contribution in [0.25, 0.3) is 0 Å². The average Bonchev–Trinajstić information content (AvgIpc) is 2.70. The molecule has 0 aromatic rings. The Hall–Kier alpha value is -1.68. The number of aliphatic hydroxyl groups is 1. The molecule has 3 atom stereocenters. The number of allylic oxidation sites excluding steroid dienone is 5. The molecule has 22 heavy (non-hydrogen) atoms. The Morgan fingerprint density at radius 2 is 2.00 bits per heavy atom. The van der Waals surface area contributed by atoms with Gasteiger partial charge in [0.2, 0.25) is 0 Å². The van der Waals surface area contributed by atoms with Crippen LogP contribution in [0.4, 0.5) is 0 Å². The summed E-state index contributed by atoms with van der Waals surface area (Å²) in [6.07, 6.45) is 2.38. The summed E-state index contributed by atoms with van der Waals surface area (Å²) in [6.45, 7) is 9.04. The summed E-state index contributed by atoms with van der Waals surface area (Å²) in [5.74, 6) is 0.202. The van der Waals surface area contributed by atoms with Crippen molar-refractivity contribution in [3.05, 3.63) is 34.3 Å². The van der Waals surface area contributed by atoms with Crippen molar-refractivity contribution in [3.63, 3.8) is 0 Å². The molecule has 0 fully saturated rings. The van der Waals surface area contributed by atoms with Crippen molar-refractivity contribution in [1.29, 1.82) is 0 Å². The molecule has 1 aliphatic carbocycles. The van der Waals surface area contributed by atoms with Gasteiger partial charge in [0.15, 0.2) is 11.6 Å². The van der Waals surface area contributed by atoms with E-state index in [-0.39, 0.29) is 17.5 Å². The van der Waals surface area contributed by atoms with E-state index < -0.39 is 12.0 Å². The standard InChI is InChI=1S/C18H24O4/c1-6-9(2)17(20)16-15-12(5)22-13(7-10(3)19)8-14(15)11(4)18(16)21/h8-10,16,19H,6-7H2,1-5H3. The second-order valence-electron chi connectivity index (χ2n) is 6.28. The van der Waals surface area contributed by atoms with E-state index in [0.717, 1.165) is 5.57 Å². The van der Waals surface area contributed by atoms with Gasteiger partial charge in [0.05, 0.1) is 6.10 Å². The average molecular weight is 304 g/mol. The molecule has 2 aliphatic rings. The monoisotopic (exact) mass is 304 g/mol. The molecular formula is C18H24O4.